The summed E-state index contributed by atoms with van der Waals surface area (Å²) in [6.07, 6.45) is -2.73. The zero-order valence-corrected chi connectivity index (χ0v) is 21.0. The molecule has 0 bridgehead atoms. The summed E-state index contributed by atoms with van der Waals surface area (Å²) in [4.78, 5) is 32.9. The first-order valence-corrected chi connectivity index (χ1v) is 12.3. The Morgan fingerprint density at radius 2 is 1.22 bits per heavy atom. The average molecular weight is 533 g/mol. The zero-order valence-electron chi connectivity index (χ0n) is 21.0. The molecule has 2 N–H and O–H groups in total. The van der Waals surface area contributed by atoms with Gasteiger partial charge in [-0.1, -0.05) is 32.6 Å². The van der Waals surface area contributed by atoms with Crippen LogP contribution in [0.3, 0.4) is 0 Å². The Hall–Kier alpha value is -1.99. The van der Waals surface area contributed by atoms with E-state index in [-0.39, 0.29) is 36.2 Å². The number of carbonyl (C=O) groups excluding carboxylic acids is 3. The van der Waals surface area contributed by atoms with Gasteiger partial charge in [0.15, 0.2) is 0 Å². The number of hydrogen-bond acceptors (Lipinski definition) is 4. The van der Waals surface area contributed by atoms with Crippen LogP contribution in [0.5, 0.6) is 0 Å². The van der Waals surface area contributed by atoms with Gasteiger partial charge >= 0.3 is 37.6 Å². The van der Waals surface area contributed by atoms with E-state index in [2.05, 4.69) is 0 Å². The van der Waals surface area contributed by atoms with Gasteiger partial charge in [0.05, 0.1) is 19.7 Å². The number of esters is 1. The maximum absolute atomic E-state index is 12.3. The van der Waals surface area contributed by atoms with E-state index in [4.69, 9.17) is 4.74 Å². The maximum atomic E-state index is 12.3. The van der Waals surface area contributed by atoms with Crippen LogP contribution in [-0.4, -0.2) is 81.8 Å². The summed E-state index contributed by atoms with van der Waals surface area (Å²) >= 11 is 0. The Bertz CT molecular complexity index is 629. The van der Waals surface area contributed by atoms with Crippen molar-refractivity contribution in [2.45, 2.75) is 83.4 Å². The molecule has 1 radical (unpaired) electrons. The average Bonchev–Trinajstić information content (AvgIpc) is 2.79. The Balaban J connectivity index is 4.38. The Kier molecular flexibility index (Phi) is 16.5. The molecule has 0 aromatic carbocycles. The third kappa shape index (κ3) is 17.4. The molecule has 0 aromatic rings. The molecule has 14 heteroatoms. The van der Waals surface area contributed by atoms with Crippen LogP contribution >= 0.6 is 0 Å². The van der Waals surface area contributed by atoms with E-state index in [0.717, 1.165) is 44.9 Å². The van der Waals surface area contributed by atoms with Crippen molar-refractivity contribution in [3.63, 3.8) is 0 Å². The summed E-state index contributed by atoms with van der Waals surface area (Å²) in [6, 6.07) is 0. The Labute approximate surface area is 209 Å². The lowest BCUT2D eigenvalue weighted by atomic mass is 9.81. The molecule has 7 nitrogen and oxygen atoms in total. The monoisotopic (exact) mass is 533 g/mol. The second-order valence-corrected chi connectivity index (χ2v) is 8.81. The zero-order chi connectivity index (χ0) is 27.7. The number of halogens is 6. The minimum absolute atomic E-state index is 0.149. The lowest BCUT2D eigenvalue weighted by Gasteiger charge is -2.35. The van der Waals surface area contributed by atoms with E-state index in [1.807, 2.05) is 12.4 Å². The van der Waals surface area contributed by atoms with E-state index >= 15 is 0 Å². The van der Waals surface area contributed by atoms with Gasteiger partial charge in [-0.25, -0.2) is 0 Å². The first kappa shape index (κ1) is 34.0. The Morgan fingerprint density at radius 3 is 1.75 bits per heavy atom. The molecule has 1 atom stereocenters. The number of alkyl halides is 6. The molecule has 0 heterocycles. The third-order valence-corrected chi connectivity index (χ3v) is 5.51. The SMILES string of the molecule is CCC(=O)OCCCCCCCCC[N+](C)([B]CCNC(=O)C(F)(F)F)CCCNC(=O)C(F)(F)F. The molecule has 0 aliphatic rings. The molecule has 0 aromatic heterocycles. The summed E-state index contributed by atoms with van der Waals surface area (Å²) in [5, 5.41) is 3.60. The number of carbonyl (C=O) groups is 3. The van der Waals surface area contributed by atoms with Crippen LogP contribution in [0, 0.1) is 0 Å². The molecule has 0 aliphatic heterocycles. The molecular weight excluding hydrogens is 495 g/mol. The first-order valence-electron chi connectivity index (χ1n) is 12.3. The minimum atomic E-state index is -4.96. The normalized spacial score (nSPS) is 13.6. The van der Waals surface area contributed by atoms with E-state index in [0.29, 0.717) is 26.1 Å². The second kappa shape index (κ2) is 17.5. The van der Waals surface area contributed by atoms with Gasteiger partial charge in [-0.05, 0) is 19.3 Å². The van der Waals surface area contributed by atoms with Crippen LogP contribution in [0.2, 0.25) is 6.32 Å². The first-order chi connectivity index (χ1) is 16.7. The van der Waals surface area contributed by atoms with Gasteiger partial charge in [-0.2, -0.15) is 26.3 Å². The van der Waals surface area contributed by atoms with Crippen molar-refractivity contribution in [1.29, 1.82) is 0 Å². The number of nitrogens with one attached hydrogen (secondary N) is 2. The molecule has 0 saturated carbocycles. The molecule has 2 amide bonds. The highest BCUT2D eigenvalue weighted by molar-refractivity contribution is 6.26. The smallest absolute Gasteiger partial charge is 0.466 e. The van der Waals surface area contributed by atoms with Crippen molar-refractivity contribution in [2.24, 2.45) is 0 Å². The summed E-state index contributed by atoms with van der Waals surface area (Å²) in [7, 11) is 3.55. The fourth-order valence-corrected chi connectivity index (χ4v) is 3.45. The standard InChI is InChI=1S/C22H38BF6N3O4/c1-3-18(33)36-17-10-8-6-4-5-7-9-15-32(2,16-11-13-30-19(34)21(24,25)26)23-12-14-31-20(35)22(27,28)29/h3-17H2,1-2H3,(H,30,34)(H,31,35)/q+1. The predicted molar refractivity (Wildman–Crippen MR) is 123 cm³/mol. The van der Waals surface area contributed by atoms with Crippen LogP contribution in [0.4, 0.5) is 26.3 Å². The van der Waals surface area contributed by atoms with E-state index in [1.54, 1.807) is 19.7 Å². The van der Waals surface area contributed by atoms with Gasteiger partial charge < -0.3 is 19.8 Å². The molecule has 0 saturated heterocycles. The molecule has 209 valence electrons. The summed E-state index contributed by atoms with van der Waals surface area (Å²) in [6.45, 7) is 2.75. The van der Waals surface area contributed by atoms with Gasteiger partial charge in [0, 0.05) is 39.3 Å². The lowest BCUT2D eigenvalue weighted by Crippen LogP contribution is -2.50. The highest BCUT2D eigenvalue weighted by Gasteiger charge is 2.39. The molecule has 0 aliphatic carbocycles. The van der Waals surface area contributed by atoms with Gasteiger partial charge in [0.1, 0.15) is 0 Å². The van der Waals surface area contributed by atoms with Crippen LogP contribution < -0.4 is 10.6 Å². The van der Waals surface area contributed by atoms with Crippen molar-refractivity contribution < 1.29 is 49.9 Å². The topological polar surface area (TPSA) is 84.5 Å². The van der Waals surface area contributed by atoms with Crippen LogP contribution in [0.15, 0.2) is 0 Å². The number of amides is 2. The van der Waals surface area contributed by atoms with Crippen molar-refractivity contribution in [1.82, 2.24) is 10.6 Å². The maximum Gasteiger partial charge on any atom is 0.471 e. The van der Waals surface area contributed by atoms with Gasteiger partial charge in [-0.3, -0.25) is 14.4 Å². The number of nitrogens with zero attached hydrogens (tertiary/aromatic N) is 1. The number of unbranched alkanes of at least 4 members (excludes halogenated alkanes) is 6. The van der Waals surface area contributed by atoms with Crippen molar-refractivity contribution >= 4 is 25.2 Å². The van der Waals surface area contributed by atoms with Crippen molar-refractivity contribution in [3.05, 3.63) is 0 Å². The summed E-state index contributed by atoms with van der Waals surface area (Å²) < 4.78 is 79.1. The highest BCUT2D eigenvalue weighted by atomic mass is 19.4. The summed E-state index contributed by atoms with van der Waals surface area (Å²) in [5.41, 5.74) is 0. The summed E-state index contributed by atoms with van der Waals surface area (Å²) in [5.74, 6) is -4.25. The highest BCUT2D eigenvalue weighted by Crippen LogP contribution is 2.16. The number of rotatable bonds is 19. The van der Waals surface area contributed by atoms with Gasteiger partial charge in [0.25, 0.3) is 0 Å². The second-order valence-electron chi connectivity index (χ2n) is 8.81. The van der Waals surface area contributed by atoms with Crippen LogP contribution in [0.1, 0.15) is 64.7 Å². The van der Waals surface area contributed by atoms with Gasteiger partial charge in [0.2, 0.25) is 0 Å². The lowest BCUT2D eigenvalue weighted by molar-refractivity contribution is -0.802. The van der Waals surface area contributed by atoms with E-state index in [9.17, 15) is 40.7 Å². The fourth-order valence-electron chi connectivity index (χ4n) is 3.45. The van der Waals surface area contributed by atoms with Crippen LogP contribution in [-0.2, 0) is 19.1 Å². The minimum Gasteiger partial charge on any atom is -0.466 e. The molecule has 36 heavy (non-hydrogen) atoms. The largest absolute Gasteiger partial charge is 0.471 e. The molecule has 1 unspecified atom stereocenters. The molecular formula is C22H38BF6N3O4+. The number of hydrogen-bond donors (Lipinski definition) is 2. The van der Waals surface area contributed by atoms with Crippen LogP contribution in [0.25, 0.3) is 0 Å². The molecule has 0 rings (SSSR count). The Morgan fingerprint density at radius 1 is 0.750 bits per heavy atom. The number of ether oxygens (including phenoxy) is 1. The fraction of sp³-hybridized carbons (Fsp3) is 0.864. The molecule has 0 fully saturated rings. The van der Waals surface area contributed by atoms with Crippen molar-refractivity contribution in [3.8, 4) is 0 Å². The predicted octanol–water partition coefficient (Wildman–Crippen LogP) is 3.90. The quantitative estimate of drug-likeness (QED) is 0.114. The number of quaternary nitrogens is 1. The van der Waals surface area contributed by atoms with E-state index < -0.39 is 24.2 Å². The van der Waals surface area contributed by atoms with E-state index in [1.165, 1.54) is 0 Å². The molecule has 0 spiro atoms. The van der Waals surface area contributed by atoms with Gasteiger partial charge in [-0.15, -0.1) is 0 Å². The third-order valence-electron chi connectivity index (χ3n) is 5.51. The van der Waals surface area contributed by atoms with Crippen molar-refractivity contribution in [2.75, 3.05) is 39.8 Å².